The third-order valence-corrected chi connectivity index (χ3v) is 5.79. The lowest BCUT2D eigenvalue weighted by molar-refractivity contribution is 0.0533. The molecule has 1 aliphatic heterocycles. The van der Waals surface area contributed by atoms with Crippen LogP contribution in [-0.2, 0) is 0 Å². The van der Waals surface area contributed by atoms with Gasteiger partial charge in [0, 0.05) is 42.7 Å². The third kappa shape index (κ3) is 3.82. The highest BCUT2D eigenvalue weighted by Crippen LogP contribution is 2.25. The summed E-state index contributed by atoms with van der Waals surface area (Å²) in [7, 11) is 0. The molecule has 28 heavy (non-hydrogen) atoms. The minimum absolute atomic E-state index is 0.0167. The van der Waals surface area contributed by atoms with Gasteiger partial charge < -0.3 is 9.80 Å². The van der Waals surface area contributed by atoms with Crippen LogP contribution in [0.2, 0.25) is 0 Å². The second-order valence-electron chi connectivity index (χ2n) is 6.85. The quantitative estimate of drug-likeness (QED) is 0.684. The van der Waals surface area contributed by atoms with Gasteiger partial charge in [-0.15, -0.1) is 11.3 Å². The summed E-state index contributed by atoms with van der Waals surface area (Å²) in [5, 5.41) is 2.67. The average Bonchev–Trinajstić information content (AvgIpc) is 3.24. The number of rotatable bonds is 3. The van der Waals surface area contributed by atoms with Crippen molar-refractivity contribution in [3.8, 4) is 10.6 Å². The van der Waals surface area contributed by atoms with Gasteiger partial charge in [-0.2, -0.15) is 0 Å². The summed E-state index contributed by atoms with van der Waals surface area (Å²) >= 11 is 1.48. The first-order valence-electron chi connectivity index (χ1n) is 9.28. The van der Waals surface area contributed by atoms with Gasteiger partial charge >= 0.3 is 0 Å². The Bertz CT molecular complexity index is 975. The van der Waals surface area contributed by atoms with Crippen molar-refractivity contribution in [3.05, 3.63) is 76.8 Å². The van der Waals surface area contributed by atoms with Gasteiger partial charge in [-0.3, -0.25) is 9.59 Å². The number of hydrogen-bond donors (Lipinski definition) is 0. The van der Waals surface area contributed by atoms with E-state index in [0.717, 1.165) is 10.6 Å². The van der Waals surface area contributed by atoms with Crippen molar-refractivity contribution in [3.63, 3.8) is 0 Å². The highest BCUT2D eigenvalue weighted by molar-refractivity contribution is 7.13. The number of benzene rings is 2. The van der Waals surface area contributed by atoms with Crippen molar-refractivity contribution >= 4 is 23.2 Å². The zero-order valence-electron chi connectivity index (χ0n) is 15.7. The Kier molecular flexibility index (Phi) is 5.21. The minimum Gasteiger partial charge on any atom is -0.335 e. The van der Waals surface area contributed by atoms with Gasteiger partial charge in [0.2, 0.25) is 0 Å². The van der Waals surface area contributed by atoms with E-state index in [-0.39, 0.29) is 11.8 Å². The summed E-state index contributed by atoms with van der Waals surface area (Å²) in [5.74, 6) is -0.0514. The SMILES string of the molecule is Cc1ccc(-c2nc(C(=O)N3CCN(C(=O)c4ccccc4)CC3)cs2)cc1. The molecule has 0 atom stereocenters. The highest BCUT2D eigenvalue weighted by Gasteiger charge is 2.26. The molecule has 0 bridgehead atoms. The van der Waals surface area contributed by atoms with Gasteiger partial charge in [-0.1, -0.05) is 48.0 Å². The lowest BCUT2D eigenvalue weighted by Crippen LogP contribution is -2.50. The molecule has 1 aliphatic rings. The molecule has 0 spiro atoms. The lowest BCUT2D eigenvalue weighted by Gasteiger charge is -2.34. The Hall–Kier alpha value is -2.99. The fraction of sp³-hybridized carbons (Fsp3) is 0.227. The van der Waals surface area contributed by atoms with Crippen LogP contribution in [0, 0.1) is 6.92 Å². The molecule has 1 fully saturated rings. The normalized spacial score (nSPS) is 14.2. The zero-order valence-corrected chi connectivity index (χ0v) is 16.5. The van der Waals surface area contributed by atoms with Gasteiger partial charge in [0.25, 0.3) is 11.8 Å². The summed E-state index contributed by atoms with van der Waals surface area (Å²) in [5.41, 5.74) is 3.38. The largest absolute Gasteiger partial charge is 0.335 e. The van der Waals surface area contributed by atoms with Crippen LogP contribution in [0.4, 0.5) is 0 Å². The van der Waals surface area contributed by atoms with Crippen LogP contribution in [0.1, 0.15) is 26.4 Å². The second kappa shape index (κ2) is 7.94. The molecule has 0 saturated carbocycles. The number of carbonyl (C=O) groups is 2. The maximum Gasteiger partial charge on any atom is 0.273 e. The number of piperazine rings is 1. The van der Waals surface area contributed by atoms with Crippen molar-refractivity contribution in [2.24, 2.45) is 0 Å². The van der Waals surface area contributed by atoms with Crippen LogP contribution in [0.5, 0.6) is 0 Å². The Labute approximate surface area is 168 Å². The summed E-state index contributed by atoms with van der Waals surface area (Å²) in [6.07, 6.45) is 0. The average molecular weight is 391 g/mol. The van der Waals surface area contributed by atoms with Crippen molar-refractivity contribution in [2.45, 2.75) is 6.92 Å². The van der Waals surface area contributed by atoms with E-state index in [4.69, 9.17) is 0 Å². The monoisotopic (exact) mass is 391 g/mol. The van der Waals surface area contributed by atoms with Crippen molar-refractivity contribution < 1.29 is 9.59 Å². The molecule has 4 rings (SSSR count). The van der Waals surface area contributed by atoms with Gasteiger partial charge in [0.1, 0.15) is 10.7 Å². The minimum atomic E-state index is -0.0681. The Morgan fingerprint density at radius 3 is 2.11 bits per heavy atom. The van der Waals surface area contributed by atoms with Crippen LogP contribution in [0.15, 0.2) is 60.0 Å². The molecule has 0 N–H and O–H groups in total. The number of carbonyl (C=O) groups excluding carboxylic acids is 2. The lowest BCUT2D eigenvalue weighted by atomic mass is 10.1. The molecule has 0 radical (unpaired) electrons. The first-order valence-corrected chi connectivity index (χ1v) is 10.2. The number of hydrogen-bond acceptors (Lipinski definition) is 4. The van der Waals surface area contributed by atoms with Crippen molar-refractivity contribution in [1.29, 1.82) is 0 Å². The standard InChI is InChI=1S/C22H21N3O2S/c1-16-7-9-17(10-8-16)20-23-19(15-28-20)22(27)25-13-11-24(12-14-25)21(26)18-5-3-2-4-6-18/h2-10,15H,11-14H2,1H3. The van der Waals surface area contributed by atoms with Gasteiger partial charge in [0.15, 0.2) is 0 Å². The molecule has 0 unspecified atom stereocenters. The second-order valence-corrected chi connectivity index (χ2v) is 7.71. The molecule has 3 aromatic rings. The van der Waals surface area contributed by atoms with E-state index >= 15 is 0 Å². The number of aryl methyl sites for hydroxylation is 1. The smallest absolute Gasteiger partial charge is 0.273 e. The molecule has 142 valence electrons. The molecule has 6 heteroatoms. The van der Waals surface area contributed by atoms with E-state index in [1.54, 1.807) is 9.80 Å². The Morgan fingerprint density at radius 1 is 0.857 bits per heavy atom. The summed E-state index contributed by atoms with van der Waals surface area (Å²) in [6, 6.07) is 17.4. The maximum absolute atomic E-state index is 12.8. The first kappa shape index (κ1) is 18.4. The van der Waals surface area contributed by atoms with E-state index in [2.05, 4.69) is 4.98 Å². The van der Waals surface area contributed by atoms with Gasteiger partial charge in [0.05, 0.1) is 0 Å². The topological polar surface area (TPSA) is 53.5 Å². The molecule has 2 amide bonds. The molecule has 2 aromatic carbocycles. The van der Waals surface area contributed by atoms with E-state index in [0.29, 0.717) is 37.4 Å². The van der Waals surface area contributed by atoms with Crippen LogP contribution < -0.4 is 0 Å². The van der Waals surface area contributed by atoms with Crippen LogP contribution in [0.3, 0.4) is 0 Å². The molecular formula is C22H21N3O2S. The predicted octanol–water partition coefficient (Wildman–Crippen LogP) is 3.72. The van der Waals surface area contributed by atoms with Crippen LogP contribution in [-0.4, -0.2) is 52.8 Å². The first-order chi connectivity index (χ1) is 13.6. The van der Waals surface area contributed by atoms with E-state index in [1.807, 2.05) is 66.9 Å². The Morgan fingerprint density at radius 2 is 1.46 bits per heavy atom. The van der Waals surface area contributed by atoms with E-state index in [1.165, 1.54) is 16.9 Å². The summed E-state index contributed by atoms with van der Waals surface area (Å²) < 4.78 is 0. The van der Waals surface area contributed by atoms with Crippen molar-refractivity contribution in [1.82, 2.24) is 14.8 Å². The van der Waals surface area contributed by atoms with Gasteiger partial charge in [-0.05, 0) is 19.1 Å². The van der Waals surface area contributed by atoms with Crippen LogP contribution >= 0.6 is 11.3 Å². The highest BCUT2D eigenvalue weighted by atomic mass is 32.1. The molecule has 0 aliphatic carbocycles. The van der Waals surface area contributed by atoms with Crippen molar-refractivity contribution in [2.75, 3.05) is 26.2 Å². The third-order valence-electron chi connectivity index (χ3n) is 4.90. The zero-order chi connectivity index (χ0) is 19.5. The fourth-order valence-electron chi connectivity index (χ4n) is 3.24. The number of nitrogens with zero attached hydrogens (tertiary/aromatic N) is 3. The fourth-order valence-corrected chi connectivity index (χ4v) is 4.04. The molecular weight excluding hydrogens is 370 g/mol. The number of aromatic nitrogens is 1. The number of thiazole rings is 1. The van der Waals surface area contributed by atoms with E-state index in [9.17, 15) is 9.59 Å². The predicted molar refractivity (Wildman–Crippen MR) is 111 cm³/mol. The molecule has 1 saturated heterocycles. The number of amides is 2. The van der Waals surface area contributed by atoms with E-state index < -0.39 is 0 Å². The molecule has 2 heterocycles. The van der Waals surface area contributed by atoms with Gasteiger partial charge in [-0.25, -0.2) is 4.98 Å². The molecule has 1 aromatic heterocycles. The molecule has 5 nitrogen and oxygen atoms in total. The van der Waals surface area contributed by atoms with Crippen LogP contribution in [0.25, 0.3) is 10.6 Å². The Balaban J connectivity index is 1.39. The summed E-state index contributed by atoms with van der Waals surface area (Å²) in [6.45, 7) is 4.16. The summed E-state index contributed by atoms with van der Waals surface area (Å²) in [4.78, 5) is 33.5. The maximum atomic E-state index is 12.8.